The number of rotatable bonds is 10. The van der Waals surface area contributed by atoms with Crippen molar-refractivity contribution < 1.29 is 14.3 Å². The third-order valence-corrected chi connectivity index (χ3v) is 3.81. The molecule has 0 spiro atoms. The molecule has 4 nitrogen and oxygen atoms in total. The first-order valence-corrected chi connectivity index (χ1v) is 9.00. The highest BCUT2D eigenvalue weighted by molar-refractivity contribution is 6.30. The molecule has 0 aliphatic carbocycles. The summed E-state index contributed by atoms with van der Waals surface area (Å²) in [6.07, 6.45) is 3.25. The maximum atomic E-state index is 12.0. The summed E-state index contributed by atoms with van der Waals surface area (Å²) < 4.78 is 10.8. The van der Waals surface area contributed by atoms with E-state index in [1.165, 1.54) is 6.08 Å². The SMILES string of the molecule is CCOCCOCc1cccc(CNC(=O)/C=C/c2cccc(Cl)c2)c1. The molecular weight excluding hydrogens is 350 g/mol. The maximum absolute atomic E-state index is 12.0. The van der Waals surface area contributed by atoms with E-state index in [4.69, 9.17) is 21.1 Å². The third-order valence-electron chi connectivity index (χ3n) is 3.58. The van der Waals surface area contributed by atoms with Gasteiger partial charge in [-0.1, -0.05) is 48.0 Å². The molecule has 0 aromatic heterocycles. The van der Waals surface area contributed by atoms with Gasteiger partial charge in [-0.2, -0.15) is 0 Å². The topological polar surface area (TPSA) is 47.6 Å². The van der Waals surface area contributed by atoms with E-state index in [1.807, 2.05) is 43.3 Å². The molecule has 138 valence electrons. The molecule has 0 fully saturated rings. The van der Waals surface area contributed by atoms with Crippen LogP contribution in [0.15, 0.2) is 54.6 Å². The molecule has 0 heterocycles. The van der Waals surface area contributed by atoms with Crippen molar-refractivity contribution in [3.05, 3.63) is 76.3 Å². The summed E-state index contributed by atoms with van der Waals surface area (Å²) in [6, 6.07) is 15.3. The monoisotopic (exact) mass is 373 g/mol. The van der Waals surface area contributed by atoms with E-state index in [0.29, 0.717) is 38.0 Å². The number of hydrogen-bond donors (Lipinski definition) is 1. The standard InChI is InChI=1S/C21H24ClNO3/c1-2-25-11-12-26-16-19-7-3-6-18(13-19)15-23-21(24)10-9-17-5-4-8-20(22)14-17/h3-10,13-14H,2,11-12,15-16H2,1H3,(H,23,24)/b10-9+. The zero-order valence-electron chi connectivity index (χ0n) is 14.9. The Morgan fingerprint density at radius 1 is 1.08 bits per heavy atom. The van der Waals surface area contributed by atoms with Crippen molar-refractivity contribution in [2.24, 2.45) is 0 Å². The van der Waals surface area contributed by atoms with Crippen LogP contribution in [0.5, 0.6) is 0 Å². The molecule has 2 aromatic carbocycles. The Bertz CT molecular complexity index is 731. The molecule has 0 atom stereocenters. The van der Waals surface area contributed by atoms with Crippen molar-refractivity contribution in [1.82, 2.24) is 5.32 Å². The van der Waals surface area contributed by atoms with E-state index in [1.54, 1.807) is 18.2 Å². The van der Waals surface area contributed by atoms with Crippen LogP contribution >= 0.6 is 11.6 Å². The number of hydrogen-bond acceptors (Lipinski definition) is 3. The van der Waals surface area contributed by atoms with Crippen LogP contribution in [0.1, 0.15) is 23.6 Å². The van der Waals surface area contributed by atoms with Gasteiger partial charge in [0.15, 0.2) is 0 Å². The number of carbonyl (C=O) groups is 1. The first-order chi connectivity index (χ1) is 12.7. The van der Waals surface area contributed by atoms with Crippen LogP contribution in [-0.4, -0.2) is 25.7 Å². The van der Waals surface area contributed by atoms with Crippen LogP contribution in [0.4, 0.5) is 0 Å². The van der Waals surface area contributed by atoms with Crippen LogP contribution in [0, 0.1) is 0 Å². The highest BCUT2D eigenvalue weighted by Gasteiger charge is 2.00. The predicted octanol–water partition coefficient (Wildman–Crippen LogP) is 4.22. The third kappa shape index (κ3) is 7.83. The minimum absolute atomic E-state index is 0.150. The molecule has 0 unspecified atom stereocenters. The van der Waals surface area contributed by atoms with E-state index in [-0.39, 0.29) is 5.91 Å². The van der Waals surface area contributed by atoms with E-state index in [2.05, 4.69) is 5.32 Å². The van der Waals surface area contributed by atoms with Gasteiger partial charge in [-0.3, -0.25) is 4.79 Å². The average molecular weight is 374 g/mol. The van der Waals surface area contributed by atoms with Crippen molar-refractivity contribution in [3.63, 3.8) is 0 Å². The molecule has 0 aliphatic rings. The number of benzene rings is 2. The molecule has 1 N–H and O–H groups in total. The fraction of sp³-hybridized carbons (Fsp3) is 0.286. The Morgan fingerprint density at radius 3 is 2.65 bits per heavy atom. The lowest BCUT2D eigenvalue weighted by molar-refractivity contribution is -0.116. The molecule has 0 bridgehead atoms. The van der Waals surface area contributed by atoms with Crippen molar-refractivity contribution >= 4 is 23.6 Å². The van der Waals surface area contributed by atoms with Gasteiger partial charge in [0, 0.05) is 24.3 Å². The minimum Gasteiger partial charge on any atom is -0.379 e. The van der Waals surface area contributed by atoms with Crippen molar-refractivity contribution in [3.8, 4) is 0 Å². The van der Waals surface area contributed by atoms with Crippen molar-refractivity contribution in [2.45, 2.75) is 20.1 Å². The molecule has 0 saturated carbocycles. The van der Waals surface area contributed by atoms with Gasteiger partial charge in [0.25, 0.3) is 0 Å². The number of carbonyl (C=O) groups excluding carboxylic acids is 1. The molecule has 5 heteroatoms. The van der Waals surface area contributed by atoms with Gasteiger partial charge in [-0.05, 0) is 41.8 Å². The lowest BCUT2D eigenvalue weighted by atomic mass is 10.1. The summed E-state index contributed by atoms with van der Waals surface area (Å²) in [5.74, 6) is -0.150. The molecule has 0 aliphatic heterocycles. The Balaban J connectivity index is 1.77. The van der Waals surface area contributed by atoms with Crippen LogP contribution in [-0.2, 0) is 27.4 Å². The van der Waals surface area contributed by atoms with Crippen LogP contribution in [0.2, 0.25) is 5.02 Å². The Labute approximate surface area is 159 Å². The summed E-state index contributed by atoms with van der Waals surface area (Å²) in [5, 5.41) is 3.52. The highest BCUT2D eigenvalue weighted by atomic mass is 35.5. The fourth-order valence-electron chi connectivity index (χ4n) is 2.31. The lowest BCUT2D eigenvalue weighted by Gasteiger charge is -2.07. The van der Waals surface area contributed by atoms with Gasteiger partial charge in [0.1, 0.15) is 0 Å². The largest absolute Gasteiger partial charge is 0.379 e. The number of halogens is 1. The maximum Gasteiger partial charge on any atom is 0.244 e. The summed E-state index contributed by atoms with van der Waals surface area (Å²) in [5.41, 5.74) is 2.99. The van der Waals surface area contributed by atoms with Crippen LogP contribution in [0.3, 0.4) is 0 Å². The van der Waals surface area contributed by atoms with E-state index in [0.717, 1.165) is 16.7 Å². The molecular formula is C21H24ClNO3. The first kappa shape index (κ1) is 20.2. The smallest absolute Gasteiger partial charge is 0.244 e. The van der Waals surface area contributed by atoms with E-state index in [9.17, 15) is 4.79 Å². The lowest BCUT2D eigenvalue weighted by Crippen LogP contribution is -2.20. The second kappa shape index (κ2) is 11.5. The summed E-state index contributed by atoms with van der Waals surface area (Å²) in [4.78, 5) is 12.0. The minimum atomic E-state index is -0.150. The Kier molecular flexibility index (Phi) is 8.90. The number of amides is 1. The summed E-state index contributed by atoms with van der Waals surface area (Å²) in [6.45, 7) is 4.83. The van der Waals surface area contributed by atoms with Gasteiger partial charge >= 0.3 is 0 Å². The fourth-order valence-corrected chi connectivity index (χ4v) is 2.51. The highest BCUT2D eigenvalue weighted by Crippen LogP contribution is 2.11. The molecule has 26 heavy (non-hydrogen) atoms. The molecule has 2 rings (SSSR count). The van der Waals surface area contributed by atoms with Gasteiger partial charge in [-0.25, -0.2) is 0 Å². The van der Waals surface area contributed by atoms with Gasteiger partial charge in [0.2, 0.25) is 5.91 Å². The van der Waals surface area contributed by atoms with Gasteiger partial charge < -0.3 is 14.8 Å². The number of nitrogens with one attached hydrogen (secondary N) is 1. The zero-order valence-corrected chi connectivity index (χ0v) is 15.7. The van der Waals surface area contributed by atoms with E-state index < -0.39 is 0 Å². The second-order valence-corrected chi connectivity index (χ2v) is 6.11. The summed E-state index contributed by atoms with van der Waals surface area (Å²) >= 11 is 5.93. The van der Waals surface area contributed by atoms with Crippen LogP contribution in [0.25, 0.3) is 6.08 Å². The molecule has 0 radical (unpaired) electrons. The van der Waals surface area contributed by atoms with Crippen molar-refractivity contribution in [1.29, 1.82) is 0 Å². The quantitative estimate of drug-likeness (QED) is 0.501. The van der Waals surface area contributed by atoms with Crippen molar-refractivity contribution in [2.75, 3.05) is 19.8 Å². The average Bonchev–Trinajstić information content (AvgIpc) is 2.65. The summed E-state index contributed by atoms with van der Waals surface area (Å²) in [7, 11) is 0. The predicted molar refractivity (Wildman–Crippen MR) is 105 cm³/mol. The zero-order chi connectivity index (χ0) is 18.6. The first-order valence-electron chi connectivity index (χ1n) is 8.62. The number of ether oxygens (including phenoxy) is 2. The van der Waals surface area contributed by atoms with Gasteiger partial charge in [0.05, 0.1) is 19.8 Å². The Hall–Kier alpha value is -2.14. The molecule has 2 aromatic rings. The van der Waals surface area contributed by atoms with Gasteiger partial charge in [-0.15, -0.1) is 0 Å². The molecule has 0 saturated heterocycles. The Morgan fingerprint density at radius 2 is 1.85 bits per heavy atom. The van der Waals surface area contributed by atoms with Crippen LogP contribution < -0.4 is 5.32 Å². The second-order valence-electron chi connectivity index (χ2n) is 5.68. The van der Waals surface area contributed by atoms with E-state index >= 15 is 0 Å². The molecule has 1 amide bonds. The normalized spacial score (nSPS) is 11.0.